The molecule has 2 heteroatoms. The molecule has 0 atom stereocenters. The summed E-state index contributed by atoms with van der Waals surface area (Å²) < 4.78 is 5.31. The molecule has 0 radical (unpaired) electrons. The topological polar surface area (TPSA) is 35.2 Å². The highest BCUT2D eigenvalue weighted by atomic mass is 16.5. The van der Waals surface area contributed by atoms with Crippen molar-refractivity contribution in [2.24, 2.45) is 5.73 Å². The van der Waals surface area contributed by atoms with E-state index in [-0.39, 0.29) is 0 Å². The van der Waals surface area contributed by atoms with Gasteiger partial charge in [0, 0.05) is 6.61 Å². The Labute approximate surface area is 99.1 Å². The van der Waals surface area contributed by atoms with Crippen molar-refractivity contribution in [2.75, 3.05) is 13.2 Å². The third-order valence-electron chi connectivity index (χ3n) is 2.03. The minimum atomic E-state index is 0.679. The van der Waals surface area contributed by atoms with Crippen LogP contribution in [0.25, 0.3) is 6.08 Å². The number of hydrogen-bond acceptors (Lipinski definition) is 2. The van der Waals surface area contributed by atoms with Gasteiger partial charge in [-0.1, -0.05) is 43.8 Å². The van der Waals surface area contributed by atoms with Crippen LogP contribution in [0.4, 0.5) is 0 Å². The van der Waals surface area contributed by atoms with E-state index >= 15 is 0 Å². The van der Waals surface area contributed by atoms with Crippen molar-refractivity contribution in [3.8, 4) is 0 Å². The molecule has 0 heterocycles. The van der Waals surface area contributed by atoms with Gasteiger partial charge in [0.05, 0.1) is 6.61 Å². The molecule has 0 bridgehead atoms. The molecule has 0 aliphatic heterocycles. The SMILES string of the molecule is C=Cc1ccccc1COCC.CCCN. The summed E-state index contributed by atoms with van der Waals surface area (Å²) in [5.41, 5.74) is 7.39. The maximum absolute atomic E-state index is 5.31. The van der Waals surface area contributed by atoms with Gasteiger partial charge in [0.25, 0.3) is 0 Å². The van der Waals surface area contributed by atoms with E-state index in [0.717, 1.165) is 25.1 Å². The summed E-state index contributed by atoms with van der Waals surface area (Å²) in [4.78, 5) is 0. The van der Waals surface area contributed by atoms with Crippen LogP contribution in [-0.4, -0.2) is 13.2 Å². The molecule has 0 spiro atoms. The van der Waals surface area contributed by atoms with Crippen molar-refractivity contribution in [1.82, 2.24) is 0 Å². The van der Waals surface area contributed by atoms with Crippen molar-refractivity contribution in [3.63, 3.8) is 0 Å². The second-order valence-corrected chi connectivity index (χ2v) is 3.33. The first-order chi connectivity index (χ1) is 7.79. The molecule has 0 amide bonds. The van der Waals surface area contributed by atoms with Crippen molar-refractivity contribution < 1.29 is 4.74 Å². The van der Waals surface area contributed by atoms with E-state index in [1.54, 1.807) is 0 Å². The summed E-state index contributed by atoms with van der Waals surface area (Å²) in [5.74, 6) is 0. The molecule has 1 rings (SSSR count). The molecule has 0 aromatic heterocycles. The number of benzene rings is 1. The van der Waals surface area contributed by atoms with Gasteiger partial charge < -0.3 is 10.5 Å². The lowest BCUT2D eigenvalue weighted by atomic mass is 10.1. The lowest BCUT2D eigenvalue weighted by Gasteiger charge is -2.04. The Morgan fingerprint density at radius 2 is 1.94 bits per heavy atom. The van der Waals surface area contributed by atoms with Gasteiger partial charge >= 0.3 is 0 Å². The van der Waals surface area contributed by atoms with E-state index < -0.39 is 0 Å². The Kier molecular flexibility index (Phi) is 9.67. The quantitative estimate of drug-likeness (QED) is 0.828. The summed E-state index contributed by atoms with van der Waals surface area (Å²) in [6.45, 7) is 10.1. The number of hydrogen-bond donors (Lipinski definition) is 1. The zero-order chi connectivity index (χ0) is 12.2. The van der Waals surface area contributed by atoms with E-state index in [0.29, 0.717) is 6.61 Å². The summed E-state index contributed by atoms with van der Waals surface area (Å²) in [7, 11) is 0. The van der Waals surface area contributed by atoms with Gasteiger partial charge in [0.15, 0.2) is 0 Å². The molecule has 0 saturated carbocycles. The smallest absolute Gasteiger partial charge is 0.0722 e. The molecule has 0 fully saturated rings. The normalized spacial score (nSPS) is 9.19. The Morgan fingerprint density at radius 3 is 2.44 bits per heavy atom. The zero-order valence-electron chi connectivity index (χ0n) is 10.4. The summed E-state index contributed by atoms with van der Waals surface area (Å²) >= 11 is 0. The Bertz CT molecular complexity index is 282. The molecule has 90 valence electrons. The second kappa shape index (κ2) is 10.4. The third kappa shape index (κ3) is 6.38. The standard InChI is InChI=1S/C11H14O.C3H9N/c1-3-10-7-5-6-8-11(10)9-12-4-2;1-2-3-4/h3,5-8H,1,4,9H2,2H3;2-4H2,1H3. The minimum Gasteiger partial charge on any atom is -0.377 e. The molecule has 2 nitrogen and oxygen atoms in total. The van der Waals surface area contributed by atoms with Crippen LogP contribution in [-0.2, 0) is 11.3 Å². The largest absolute Gasteiger partial charge is 0.377 e. The molecule has 16 heavy (non-hydrogen) atoms. The van der Waals surface area contributed by atoms with Crippen LogP contribution in [0.15, 0.2) is 30.8 Å². The number of ether oxygens (including phenoxy) is 1. The van der Waals surface area contributed by atoms with Crippen LogP contribution in [0.3, 0.4) is 0 Å². The van der Waals surface area contributed by atoms with Gasteiger partial charge in [-0.15, -0.1) is 0 Å². The molecular weight excluding hydrogens is 198 g/mol. The fourth-order valence-electron chi connectivity index (χ4n) is 1.08. The molecule has 0 unspecified atom stereocenters. The zero-order valence-corrected chi connectivity index (χ0v) is 10.4. The van der Waals surface area contributed by atoms with Gasteiger partial charge in [0.2, 0.25) is 0 Å². The Hall–Kier alpha value is -1.12. The van der Waals surface area contributed by atoms with Crippen LogP contribution < -0.4 is 5.73 Å². The highest BCUT2D eigenvalue weighted by molar-refractivity contribution is 5.51. The van der Waals surface area contributed by atoms with E-state index in [4.69, 9.17) is 10.5 Å². The van der Waals surface area contributed by atoms with Crippen LogP contribution >= 0.6 is 0 Å². The van der Waals surface area contributed by atoms with Crippen molar-refractivity contribution in [2.45, 2.75) is 26.9 Å². The molecule has 1 aromatic rings. The summed E-state index contributed by atoms with van der Waals surface area (Å²) in [6, 6.07) is 8.13. The van der Waals surface area contributed by atoms with E-state index in [2.05, 4.69) is 19.6 Å². The molecule has 0 aliphatic rings. The fourth-order valence-corrected chi connectivity index (χ4v) is 1.08. The van der Waals surface area contributed by atoms with Gasteiger partial charge in [-0.05, 0) is 31.0 Å². The second-order valence-electron chi connectivity index (χ2n) is 3.33. The molecular formula is C14H23NO. The first-order valence-corrected chi connectivity index (χ1v) is 5.78. The first-order valence-electron chi connectivity index (χ1n) is 5.78. The molecule has 1 aromatic carbocycles. The van der Waals surface area contributed by atoms with Crippen molar-refractivity contribution in [1.29, 1.82) is 0 Å². The van der Waals surface area contributed by atoms with E-state index in [9.17, 15) is 0 Å². The predicted molar refractivity (Wildman–Crippen MR) is 71.2 cm³/mol. The maximum Gasteiger partial charge on any atom is 0.0722 e. The fraction of sp³-hybridized carbons (Fsp3) is 0.429. The molecule has 0 aliphatic carbocycles. The van der Waals surface area contributed by atoms with Crippen LogP contribution in [0.5, 0.6) is 0 Å². The monoisotopic (exact) mass is 221 g/mol. The maximum atomic E-state index is 5.31. The average Bonchev–Trinajstić information content (AvgIpc) is 2.37. The first kappa shape index (κ1) is 14.9. The van der Waals surface area contributed by atoms with E-state index in [1.807, 2.05) is 31.2 Å². The van der Waals surface area contributed by atoms with Gasteiger partial charge in [0.1, 0.15) is 0 Å². The van der Waals surface area contributed by atoms with E-state index in [1.165, 1.54) is 5.56 Å². The van der Waals surface area contributed by atoms with Crippen LogP contribution in [0, 0.1) is 0 Å². The van der Waals surface area contributed by atoms with Gasteiger partial charge in [-0.2, -0.15) is 0 Å². The number of rotatable bonds is 5. The Morgan fingerprint density at radius 1 is 1.31 bits per heavy atom. The lowest BCUT2D eigenvalue weighted by Crippen LogP contribution is -1.93. The predicted octanol–water partition coefficient (Wildman–Crippen LogP) is 3.22. The highest BCUT2D eigenvalue weighted by Gasteiger charge is 1.96. The lowest BCUT2D eigenvalue weighted by molar-refractivity contribution is 0.134. The highest BCUT2D eigenvalue weighted by Crippen LogP contribution is 2.10. The van der Waals surface area contributed by atoms with Crippen molar-refractivity contribution in [3.05, 3.63) is 42.0 Å². The van der Waals surface area contributed by atoms with Gasteiger partial charge in [-0.25, -0.2) is 0 Å². The number of nitrogens with two attached hydrogens (primary N) is 1. The summed E-state index contributed by atoms with van der Waals surface area (Å²) in [5, 5.41) is 0. The summed E-state index contributed by atoms with van der Waals surface area (Å²) in [6.07, 6.45) is 2.95. The average molecular weight is 221 g/mol. The van der Waals surface area contributed by atoms with Gasteiger partial charge in [-0.3, -0.25) is 0 Å². The molecule has 2 N–H and O–H groups in total. The minimum absolute atomic E-state index is 0.679. The Balaban J connectivity index is 0.000000487. The van der Waals surface area contributed by atoms with Crippen molar-refractivity contribution >= 4 is 6.08 Å². The third-order valence-corrected chi connectivity index (χ3v) is 2.03. The van der Waals surface area contributed by atoms with Crippen LogP contribution in [0.1, 0.15) is 31.4 Å². The molecule has 0 saturated heterocycles. The van der Waals surface area contributed by atoms with Crippen LogP contribution in [0.2, 0.25) is 0 Å².